The van der Waals surface area contributed by atoms with Gasteiger partial charge in [-0.15, -0.1) is 0 Å². The van der Waals surface area contributed by atoms with Gasteiger partial charge in [0, 0.05) is 60.8 Å². The first kappa shape index (κ1) is 39.2. The third-order valence-electron chi connectivity index (χ3n) is 7.60. The first-order chi connectivity index (χ1) is 22.3. The smallest absolute Gasteiger partial charge is 0.416 e. The van der Waals surface area contributed by atoms with E-state index in [0.29, 0.717) is 35.7 Å². The second-order valence-corrected chi connectivity index (χ2v) is 10.8. The first-order valence-corrected chi connectivity index (χ1v) is 15.2. The van der Waals surface area contributed by atoms with Crippen molar-refractivity contribution in [1.82, 2.24) is 9.80 Å². The molecule has 1 heterocycles. The molecule has 1 aliphatic rings. The minimum atomic E-state index is -4.97. The molecule has 8 nitrogen and oxygen atoms in total. The topological polar surface area (TPSA) is 122 Å². The molecular weight excluding hydrogens is 635 g/mol. The van der Waals surface area contributed by atoms with Gasteiger partial charge in [-0.05, 0) is 42.8 Å². The van der Waals surface area contributed by atoms with Gasteiger partial charge in [-0.3, -0.25) is 0 Å². The number of carbonyl (C=O) groups is 1. The van der Waals surface area contributed by atoms with Crippen molar-refractivity contribution in [3.8, 4) is 11.5 Å². The first-order valence-electron chi connectivity index (χ1n) is 15.2. The molecule has 0 bridgehead atoms. The average molecular weight is 679 g/mol. The quantitative estimate of drug-likeness (QED) is 0.0864. The molecule has 1 atom stereocenters. The maximum absolute atomic E-state index is 15.2. The van der Waals surface area contributed by atoms with Crippen LogP contribution in [0.2, 0.25) is 0 Å². The number of carboxylic acids is 1. The van der Waals surface area contributed by atoms with Crippen LogP contribution in [0.15, 0.2) is 61.4 Å². The van der Waals surface area contributed by atoms with E-state index in [1.165, 1.54) is 36.2 Å². The van der Waals surface area contributed by atoms with Gasteiger partial charge in [0.05, 0.1) is 11.1 Å². The number of hydrogen-bond acceptors (Lipinski definition) is 7. The number of phenolic OH excluding ortho intramolecular Hbond substituents is 2. The summed E-state index contributed by atoms with van der Waals surface area (Å²) in [5, 5.41) is 32.1. The number of phenols is 2. The Bertz CT molecular complexity index is 1670. The number of nitrogens with two attached hydrogens (primary N) is 1. The summed E-state index contributed by atoms with van der Waals surface area (Å²) in [6.45, 7) is 18.3. The molecule has 1 aliphatic heterocycles. The number of rotatable bonds is 9. The standard InChI is InChI=1S/C31H31F5N4O4.2C2H6/c1-15-6-8-24(21(10-15)29(43)44)38-28(30(4,32)33)22-12-19(31(34,35)36)11-20(26(22)37)16(2)39(5)17(3)40-13-18-7-9-25(41)27(42)23(18)14-40;2*1-2/h6-12,28,38,41-42H,2-3,13-14,37H2,1,4-5H3,(H,43,44);2*1-2H3. The zero-order valence-corrected chi connectivity index (χ0v) is 28.1. The predicted octanol–water partition coefficient (Wildman–Crippen LogP) is 8.96. The molecule has 262 valence electrons. The van der Waals surface area contributed by atoms with E-state index in [9.17, 15) is 33.3 Å². The van der Waals surface area contributed by atoms with E-state index in [2.05, 4.69) is 18.5 Å². The van der Waals surface area contributed by atoms with Gasteiger partial charge in [-0.2, -0.15) is 13.2 Å². The van der Waals surface area contributed by atoms with Gasteiger partial charge in [-0.1, -0.05) is 58.5 Å². The summed E-state index contributed by atoms with van der Waals surface area (Å²) in [5.74, 6) is -5.51. The number of aryl methyl sites for hydroxylation is 1. The van der Waals surface area contributed by atoms with Crippen molar-refractivity contribution >= 4 is 23.0 Å². The Kier molecular flexibility index (Phi) is 12.5. The minimum absolute atomic E-state index is 0.0948. The Morgan fingerprint density at radius 3 is 2.12 bits per heavy atom. The lowest BCUT2D eigenvalue weighted by atomic mass is 9.92. The minimum Gasteiger partial charge on any atom is -0.504 e. The van der Waals surface area contributed by atoms with Crippen LogP contribution in [0, 0.1) is 6.92 Å². The second kappa shape index (κ2) is 15.3. The zero-order chi connectivity index (χ0) is 36.9. The molecule has 3 aromatic carbocycles. The molecule has 0 radical (unpaired) electrons. The lowest BCUT2D eigenvalue weighted by Crippen LogP contribution is -2.32. The fourth-order valence-electron chi connectivity index (χ4n) is 5.08. The van der Waals surface area contributed by atoms with Gasteiger partial charge < -0.3 is 36.2 Å². The van der Waals surface area contributed by atoms with Crippen LogP contribution in [0.5, 0.6) is 11.5 Å². The number of nitrogens with zero attached hydrogens (tertiary/aromatic N) is 2. The van der Waals surface area contributed by atoms with Crippen LogP contribution in [0.3, 0.4) is 0 Å². The molecule has 1 unspecified atom stereocenters. The Morgan fingerprint density at radius 2 is 1.58 bits per heavy atom. The number of aromatic hydroxyl groups is 2. The number of carboxylic acid groups (broad SMARTS) is 1. The molecule has 0 spiro atoms. The summed E-state index contributed by atoms with van der Waals surface area (Å²) in [7, 11) is 1.46. The maximum atomic E-state index is 15.2. The number of anilines is 2. The largest absolute Gasteiger partial charge is 0.504 e. The van der Waals surface area contributed by atoms with Crippen molar-refractivity contribution < 1.29 is 42.1 Å². The summed E-state index contributed by atoms with van der Waals surface area (Å²) < 4.78 is 72.7. The summed E-state index contributed by atoms with van der Waals surface area (Å²) in [5.41, 5.74) is 4.68. The van der Waals surface area contributed by atoms with Crippen LogP contribution in [0.1, 0.15) is 84.4 Å². The van der Waals surface area contributed by atoms with Gasteiger partial charge in [0.25, 0.3) is 5.92 Å². The van der Waals surface area contributed by atoms with E-state index in [-0.39, 0.29) is 52.9 Å². The van der Waals surface area contributed by atoms with Crippen LogP contribution in [-0.2, 0) is 19.3 Å². The fraction of sp³-hybridized carbons (Fsp3) is 0.343. The summed E-state index contributed by atoms with van der Waals surface area (Å²) >= 11 is 0. The van der Waals surface area contributed by atoms with Crippen molar-refractivity contribution in [2.24, 2.45) is 0 Å². The van der Waals surface area contributed by atoms with Crippen LogP contribution in [0.4, 0.5) is 33.3 Å². The van der Waals surface area contributed by atoms with E-state index in [1.54, 1.807) is 17.9 Å². The summed E-state index contributed by atoms with van der Waals surface area (Å²) in [4.78, 5) is 14.9. The van der Waals surface area contributed by atoms with E-state index in [1.807, 2.05) is 27.7 Å². The molecule has 13 heteroatoms. The van der Waals surface area contributed by atoms with Crippen molar-refractivity contribution in [2.45, 2.75) is 72.8 Å². The average Bonchev–Trinajstić information content (AvgIpc) is 3.47. The highest BCUT2D eigenvalue weighted by Gasteiger charge is 2.41. The number of alkyl halides is 5. The molecule has 0 saturated heterocycles. The molecular formula is C35H43F5N4O4. The Balaban J connectivity index is 0.00000193. The molecule has 48 heavy (non-hydrogen) atoms. The number of nitrogen functional groups attached to an aromatic ring is 1. The van der Waals surface area contributed by atoms with Crippen molar-refractivity contribution in [2.75, 3.05) is 18.1 Å². The summed E-state index contributed by atoms with van der Waals surface area (Å²) in [6, 6.07) is 5.96. The van der Waals surface area contributed by atoms with Crippen molar-refractivity contribution in [3.05, 3.63) is 100 Å². The monoisotopic (exact) mass is 678 g/mol. The van der Waals surface area contributed by atoms with E-state index >= 15 is 8.78 Å². The molecule has 4 rings (SSSR count). The molecule has 0 fully saturated rings. The zero-order valence-electron chi connectivity index (χ0n) is 28.1. The van der Waals surface area contributed by atoms with Crippen LogP contribution in [0.25, 0.3) is 5.70 Å². The molecule has 3 aromatic rings. The second-order valence-electron chi connectivity index (χ2n) is 10.8. The molecule has 6 N–H and O–H groups in total. The lowest BCUT2D eigenvalue weighted by Gasteiger charge is -2.33. The molecule has 0 aliphatic carbocycles. The summed E-state index contributed by atoms with van der Waals surface area (Å²) in [6.07, 6.45) is -4.97. The Morgan fingerprint density at radius 1 is 0.979 bits per heavy atom. The van der Waals surface area contributed by atoms with E-state index in [4.69, 9.17) is 5.73 Å². The number of nitrogens with one attached hydrogen (secondary N) is 1. The van der Waals surface area contributed by atoms with Crippen LogP contribution < -0.4 is 11.1 Å². The highest BCUT2D eigenvalue weighted by Crippen LogP contribution is 2.44. The number of halogens is 5. The molecule has 0 aromatic heterocycles. The van der Waals surface area contributed by atoms with Gasteiger partial charge in [0.15, 0.2) is 11.5 Å². The maximum Gasteiger partial charge on any atom is 0.416 e. The number of fused-ring (bicyclic) bond motifs is 1. The van der Waals surface area contributed by atoms with Gasteiger partial charge in [0.2, 0.25) is 0 Å². The number of aromatic carboxylic acids is 1. The molecule has 0 saturated carbocycles. The van der Waals surface area contributed by atoms with Crippen LogP contribution >= 0.6 is 0 Å². The normalized spacial score (nSPS) is 12.9. The number of hydrogen-bond donors (Lipinski definition) is 5. The Hall–Kier alpha value is -4.94. The third kappa shape index (κ3) is 8.31. The van der Waals surface area contributed by atoms with Crippen molar-refractivity contribution in [1.29, 1.82) is 0 Å². The van der Waals surface area contributed by atoms with Crippen molar-refractivity contribution in [3.63, 3.8) is 0 Å². The van der Waals surface area contributed by atoms with Gasteiger partial charge in [0.1, 0.15) is 11.9 Å². The fourth-order valence-corrected chi connectivity index (χ4v) is 5.08. The van der Waals surface area contributed by atoms with Gasteiger partial charge in [-0.25, -0.2) is 13.6 Å². The number of benzene rings is 3. The highest BCUT2D eigenvalue weighted by atomic mass is 19.4. The predicted molar refractivity (Wildman–Crippen MR) is 179 cm³/mol. The van der Waals surface area contributed by atoms with E-state index < -0.39 is 40.9 Å². The van der Waals surface area contributed by atoms with E-state index in [0.717, 1.165) is 0 Å². The Labute approximate surface area is 277 Å². The lowest BCUT2D eigenvalue weighted by molar-refractivity contribution is -0.137. The highest BCUT2D eigenvalue weighted by molar-refractivity contribution is 5.94. The van der Waals surface area contributed by atoms with Gasteiger partial charge >= 0.3 is 12.1 Å². The third-order valence-corrected chi connectivity index (χ3v) is 7.60. The van der Waals surface area contributed by atoms with Crippen LogP contribution in [-0.4, -0.2) is 44.1 Å². The SMILES string of the molecule is C=C(c1cc(C(F)(F)F)cc(C(Nc2ccc(C)cc2C(=O)O)C(C)(F)F)c1N)N(C)C(=C)N1Cc2ccc(O)c(O)c2C1.CC.CC. The molecule has 0 amide bonds.